The summed E-state index contributed by atoms with van der Waals surface area (Å²) in [5.74, 6) is 3.05. The highest BCUT2D eigenvalue weighted by Crippen LogP contribution is 2.60. The SMILES string of the molecule is COc1ccc2c(c1)CC[C@@H]1[C@@H]2CC[C@]2(C)C(=O)/C(=C/c3ccccc3)C[C@H]12. The van der Waals surface area contributed by atoms with Crippen LogP contribution in [-0.2, 0) is 11.2 Å². The van der Waals surface area contributed by atoms with Crippen molar-refractivity contribution in [2.75, 3.05) is 7.11 Å². The molecule has 5 rings (SSSR count). The predicted molar refractivity (Wildman–Crippen MR) is 112 cm³/mol. The number of ketones is 1. The minimum atomic E-state index is -0.175. The normalized spacial score (nSPS) is 32.6. The Morgan fingerprint density at radius 3 is 2.71 bits per heavy atom. The molecule has 2 saturated carbocycles. The molecule has 0 unspecified atom stereocenters. The summed E-state index contributed by atoms with van der Waals surface area (Å²) in [6.07, 6.45) is 7.51. The van der Waals surface area contributed by atoms with Crippen molar-refractivity contribution in [3.05, 3.63) is 70.8 Å². The zero-order valence-electron chi connectivity index (χ0n) is 16.8. The third-order valence-corrected chi connectivity index (χ3v) is 7.71. The lowest BCUT2D eigenvalue weighted by molar-refractivity contribution is -0.127. The van der Waals surface area contributed by atoms with Crippen molar-refractivity contribution >= 4 is 11.9 Å². The summed E-state index contributed by atoms with van der Waals surface area (Å²) in [5.41, 5.74) is 4.97. The standard InChI is InChI=1S/C26H28O2/c1-26-13-12-22-21-11-9-20(28-2)15-18(21)8-10-23(22)24(26)16-19(25(26)27)14-17-6-4-3-5-7-17/h3-7,9,11,14-15,22-24H,8,10,12-13,16H2,1-2H3/b19-14+/t22-,23-,24-,26+/m1/s1. The van der Waals surface area contributed by atoms with Crippen molar-refractivity contribution in [3.8, 4) is 5.75 Å². The number of hydrogen-bond donors (Lipinski definition) is 0. The highest BCUT2D eigenvalue weighted by atomic mass is 16.5. The molecule has 0 aromatic heterocycles. The fourth-order valence-corrected chi connectivity index (χ4v) is 6.24. The first-order valence-corrected chi connectivity index (χ1v) is 10.6. The lowest BCUT2D eigenvalue weighted by Crippen LogP contribution is -2.42. The van der Waals surface area contributed by atoms with Crippen LogP contribution in [0.25, 0.3) is 6.08 Å². The summed E-state index contributed by atoms with van der Waals surface area (Å²) in [4.78, 5) is 13.4. The van der Waals surface area contributed by atoms with Crippen LogP contribution >= 0.6 is 0 Å². The Kier molecular flexibility index (Phi) is 4.19. The Hall–Kier alpha value is -2.35. The molecular weight excluding hydrogens is 344 g/mol. The maximum atomic E-state index is 13.4. The van der Waals surface area contributed by atoms with Crippen LogP contribution in [0.1, 0.15) is 55.2 Å². The van der Waals surface area contributed by atoms with Crippen molar-refractivity contribution in [2.24, 2.45) is 17.3 Å². The van der Waals surface area contributed by atoms with Gasteiger partial charge in [-0.15, -0.1) is 0 Å². The molecule has 0 spiro atoms. The van der Waals surface area contributed by atoms with Crippen LogP contribution in [0.15, 0.2) is 54.1 Å². The van der Waals surface area contributed by atoms with Gasteiger partial charge in [0.05, 0.1) is 7.11 Å². The molecule has 2 nitrogen and oxygen atoms in total. The molecule has 0 saturated heterocycles. The van der Waals surface area contributed by atoms with Gasteiger partial charge in [-0.25, -0.2) is 0 Å². The van der Waals surface area contributed by atoms with E-state index in [2.05, 4.69) is 43.3 Å². The van der Waals surface area contributed by atoms with E-state index >= 15 is 0 Å². The van der Waals surface area contributed by atoms with Crippen LogP contribution in [-0.4, -0.2) is 12.9 Å². The van der Waals surface area contributed by atoms with Gasteiger partial charge in [-0.1, -0.05) is 43.3 Å². The maximum absolute atomic E-state index is 13.4. The molecule has 2 aromatic carbocycles. The molecule has 3 aliphatic rings. The van der Waals surface area contributed by atoms with Crippen LogP contribution in [0.4, 0.5) is 0 Å². The van der Waals surface area contributed by atoms with E-state index < -0.39 is 0 Å². The molecule has 0 heterocycles. The number of carbonyl (C=O) groups excluding carboxylic acids is 1. The Morgan fingerprint density at radius 2 is 1.93 bits per heavy atom. The number of allylic oxidation sites excluding steroid dienone is 1. The second kappa shape index (κ2) is 6.62. The van der Waals surface area contributed by atoms with Crippen molar-refractivity contribution < 1.29 is 9.53 Å². The molecule has 28 heavy (non-hydrogen) atoms. The van der Waals surface area contributed by atoms with Gasteiger partial charge in [0, 0.05) is 5.41 Å². The summed E-state index contributed by atoms with van der Waals surface area (Å²) < 4.78 is 5.43. The smallest absolute Gasteiger partial charge is 0.165 e. The lowest BCUT2D eigenvalue weighted by atomic mass is 9.55. The van der Waals surface area contributed by atoms with E-state index in [-0.39, 0.29) is 5.41 Å². The molecule has 2 aromatic rings. The van der Waals surface area contributed by atoms with Gasteiger partial charge in [0.2, 0.25) is 0 Å². The van der Waals surface area contributed by atoms with E-state index in [1.54, 1.807) is 7.11 Å². The molecule has 3 aliphatic carbocycles. The number of benzene rings is 2. The van der Waals surface area contributed by atoms with Gasteiger partial charge in [0.15, 0.2) is 5.78 Å². The van der Waals surface area contributed by atoms with Crippen molar-refractivity contribution in [3.63, 3.8) is 0 Å². The van der Waals surface area contributed by atoms with Crippen LogP contribution in [0, 0.1) is 17.3 Å². The molecule has 4 atom stereocenters. The Morgan fingerprint density at radius 1 is 1.11 bits per heavy atom. The summed E-state index contributed by atoms with van der Waals surface area (Å²) in [5, 5.41) is 0. The monoisotopic (exact) mass is 372 g/mol. The Bertz CT molecular complexity index is 942. The fraction of sp³-hybridized carbons (Fsp3) is 0.423. The number of fused-ring (bicyclic) bond motifs is 5. The number of carbonyl (C=O) groups is 1. The highest BCUT2D eigenvalue weighted by molar-refractivity contribution is 6.06. The molecule has 2 fully saturated rings. The zero-order chi connectivity index (χ0) is 19.3. The molecule has 0 amide bonds. The molecule has 0 N–H and O–H groups in total. The highest BCUT2D eigenvalue weighted by Gasteiger charge is 2.56. The third-order valence-electron chi connectivity index (χ3n) is 7.71. The Balaban J connectivity index is 1.48. The average Bonchev–Trinajstić information content (AvgIpc) is 2.99. The van der Waals surface area contributed by atoms with Crippen LogP contribution in [0.2, 0.25) is 0 Å². The average molecular weight is 373 g/mol. The van der Waals surface area contributed by atoms with Crippen molar-refractivity contribution in [1.29, 1.82) is 0 Å². The number of aryl methyl sites for hydroxylation is 1. The molecule has 0 aliphatic heterocycles. The largest absolute Gasteiger partial charge is 0.497 e. The van der Waals surface area contributed by atoms with Gasteiger partial charge >= 0.3 is 0 Å². The summed E-state index contributed by atoms with van der Waals surface area (Å²) >= 11 is 0. The predicted octanol–water partition coefficient (Wildman–Crippen LogP) is 5.81. The first kappa shape index (κ1) is 17.7. The van der Waals surface area contributed by atoms with Gasteiger partial charge in [-0.2, -0.15) is 0 Å². The fourth-order valence-electron chi connectivity index (χ4n) is 6.24. The number of hydrogen-bond acceptors (Lipinski definition) is 2. The van der Waals surface area contributed by atoms with Crippen molar-refractivity contribution in [1.82, 2.24) is 0 Å². The summed E-state index contributed by atoms with van der Waals surface area (Å²) in [7, 11) is 1.74. The topological polar surface area (TPSA) is 26.3 Å². The summed E-state index contributed by atoms with van der Waals surface area (Å²) in [6, 6.07) is 16.9. The molecule has 144 valence electrons. The first-order valence-electron chi connectivity index (χ1n) is 10.6. The number of rotatable bonds is 2. The van der Waals surface area contributed by atoms with E-state index in [0.29, 0.717) is 23.5 Å². The van der Waals surface area contributed by atoms with Gasteiger partial charge < -0.3 is 4.74 Å². The van der Waals surface area contributed by atoms with E-state index in [1.165, 1.54) is 17.5 Å². The van der Waals surface area contributed by atoms with Gasteiger partial charge in [-0.3, -0.25) is 4.79 Å². The maximum Gasteiger partial charge on any atom is 0.165 e. The molecule has 2 heteroatoms. The summed E-state index contributed by atoms with van der Waals surface area (Å²) in [6.45, 7) is 2.24. The third kappa shape index (κ3) is 2.65. The quantitative estimate of drug-likeness (QED) is 0.622. The van der Waals surface area contributed by atoms with Gasteiger partial charge in [0.1, 0.15) is 5.75 Å². The minimum absolute atomic E-state index is 0.175. The molecular formula is C26H28O2. The molecule has 0 radical (unpaired) electrons. The first-order chi connectivity index (χ1) is 13.6. The van der Waals surface area contributed by atoms with E-state index in [0.717, 1.165) is 42.6 Å². The second-order valence-electron chi connectivity index (χ2n) is 9.05. The zero-order valence-corrected chi connectivity index (χ0v) is 16.8. The Labute approximate surface area is 167 Å². The molecule has 0 bridgehead atoms. The minimum Gasteiger partial charge on any atom is -0.497 e. The van der Waals surface area contributed by atoms with Crippen LogP contribution in [0.5, 0.6) is 5.75 Å². The van der Waals surface area contributed by atoms with Gasteiger partial charge in [-0.05, 0) is 90.3 Å². The number of ether oxygens (including phenoxy) is 1. The second-order valence-corrected chi connectivity index (χ2v) is 9.05. The van der Waals surface area contributed by atoms with E-state index in [1.807, 2.05) is 18.2 Å². The van der Waals surface area contributed by atoms with Crippen LogP contribution < -0.4 is 4.74 Å². The lowest BCUT2D eigenvalue weighted by Gasteiger charge is -2.48. The van der Waals surface area contributed by atoms with Gasteiger partial charge in [0.25, 0.3) is 0 Å². The van der Waals surface area contributed by atoms with Crippen molar-refractivity contribution in [2.45, 2.75) is 44.9 Å². The number of Topliss-reactive ketones (excluding diaryl/α,β-unsaturated/α-hetero) is 1. The number of methoxy groups -OCH3 is 1. The van der Waals surface area contributed by atoms with Crippen LogP contribution in [0.3, 0.4) is 0 Å². The van der Waals surface area contributed by atoms with E-state index in [9.17, 15) is 4.79 Å². The van der Waals surface area contributed by atoms with E-state index in [4.69, 9.17) is 4.74 Å².